The van der Waals surface area contributed by atoms with Crippen molar-refractivity contribution < 1.29 is 19.4 Å². The van der Waals surface area contributed by atoms with E-state index in [2.05, 4.69) is 30.7 Å². The first-order chi connectivity index (χ1) is 11.5. The number of carbonyl (C=O) groups is 2. The van der Waals surface area contributed by atoms with Gasteiger partial charge in [0.25, 0.3) is 0 Å². The van der Waals surface area contributed by atoms with Gasteiger partial charge in [-0.15, -0.1) is 0 Å². The summed E-state index contributed by atoms with van der Waals surface area (Å²) in [5, 5.41) is 8.95. The maximum atomic E-state index is 12.3. The van der Waals surface area contributed by atoms with E-state index in [4.69, 9.17) is 5.11 Å². The topological polar surface area (TPSA) is 66.8 Å². The average molecular weight is 333 g/mol. The van der Waals surface area contributed by atoms with E-state index in [1.165, 1.54) is 18.7 Å². The number of rotatable bonds is 9. The minimum atomic E-state index is -0.356. The van der Waals surface area contributed by atoms with E-state index in [0.717, 1.165) is 5.56 Å². The van der Waals surface area contributed by atoms with Crippen molar-refractivity contribution in [2.75, 3.05) is 26.8 Å². The Morgan fingerprint density at radius 1 is 1.21 bits per heavy atom. The highest BCUT2D eigenvalue weighted by atomic mass is 16.5. The van der Waals surface area contributed by atoms with Crippen LogP contribution in [0.5, 0.6) is 0 Å². The highest BCUT2D eigenvalue weighted by Gasteiger charge is 2.12. The molecule has 0 unspecified atom stereocenters. The lowest BCUT2D eigenvalue weighted by Crippen LogP contribution is -2.33. The molecule has 0 aliphatic heterocycles. The fraction of sp³-hybridized carbons (Fsp3) is 0.474. The van der Waals surface area contributed by atoms with Crippen LogP contribution in [-0.4, -0.2) is 48.7 Å². The molecule has 0 bridgehead atoms. The van der Waals surface area contributed by atoms with Gasteiger partial charge in [0.2, 0.25) is 5.91 Å². The number of methoxy groups -OCH3 is 1. The summed E-state index contributed by atoms with van der Waals surface area (Å²) in [6.45, 7) is 4.96. The third-order valence-corrected chi connectivity index (χ3v) is 3.73. The molecule has 0 fully saturated rings. The van der Waals surface area contributed by atoms with Gasteiger partial charge in [-0.05, 0) is 29.5 Å². The summed E-state index contributed by atoms with van der Waals surface area (Å²) in [6.07, 6.45) is 3.88. The summed E-state index contributed by atoms with van der Waals surface area (Å²) in [6, 6.07) is 8.06. The molecule has 0 aromatic heterocycles. The summed E-state index contributed by atoms with van der Waals surface area (Å²) >= 11 is 0. The molecule has 5 heteroatoms. The normalized spacial score (nSPS) is 11.0. The lowest BCUT2D eigenvalue weighted by atomic mass is 10.0. The lowest BCUT2D eigenvalue weighted by molar-refractivity contribution is -0.141. The number of esters is 1. The molecule has 0 spiro atoms. The fourth-order valence-corrected chi connectivity index (χ4v) is 2.19. The molecule has 0 saturated carbocycles. The first-order valence-electron chi connectivity index (χ1n) is 8.22. The number of carbonyl (C=O) groups excluding carboxylic acids is 2. The van der Waals surface area contributed by atoms with Crippen LogP contribution in [0.4, 0.5) is 0 Å². The van der Waals surface area contributed by atoms with Gasteiger partial charge in [0.1, 0.15) is 0 Å². The maximum Gasteiger partial charge on any atom is 0.307 e. The maximum absolute atomic E-state index is 12.3. The molecule has 0 heterocycles. The molecule has 0 aliphatic carbocycles. The molecule has 0 aliphatic rings. The molecule has 1 aromatic carbocycles. The van der Waals surface area contributed by atoms with Crippen molar-refractivity contribution in [1.29, 1.82) is 0 Å². The van der Waals surface area contributed by atoms with Crippen LogP contribution >= 0.6 is 0 Å². The zero-order chi connectivity index (χ0) is 17.9. The number of nitrogens with zero attached hydrogens (tertiary/aromatic N) is 1. The molecule has 0 saturated heterocycles. The zero-order valence-electron chi connectivity index (χ0n) is 14.7. The number of hydrogen-bond donors (Lipinski definition) is 1. The second-order valence-corrected chi connectivity index (χ2v) is 5.88. The molecule has 1 rings (SSSR count). The largest absolute Gasteiger partial charge is 0.469 e. The molecule has 5 nitrogen and oxygen atoms in total. The number of ether oxygens (including phenoxy) is 1. The lowest BCUT2D eigenvalue weighted by Gasteiger charge is -2.20. The number of benzene rings is 1. The molecule has 0 atom stereocenters. The Hall–Kier alpha value is -2.14. The van der Waals surface area contributed by atoms with Crippen molar-refractivity contribution in [3.05, 3.63) is 41.5 Å². The van der Waals surface area contributed by atoms with Gasteiger partial charge in [-0.3, -0.25) is 9.59 Å². The monoisotopic (exact) mass is 333 g/mol. The standard InChI is InChI=1S/C19H27NO4/c1-15(2)17-8-5-16(6-9-17)7-10-18(22)20(12-4-14-21)13-11-19(23)24-3/h5-10,15,21H,4,11-14H2,1-3H3/b10-7+. The van der Waals surface area contributed by atoms with E-state index in [9.17, 15) is 9.59 Å². The van der Waals surface area contributed by atoms with Gasteiger partial charge in [0.05, 0.1) is 13.5 Å². The Labute approximate surface area is 143 Å². The first kappa shape index (κ1) is 19.9. The average Bonchev–Trinajstić information content (AvgIpc) is 2.59. The molecule has 1 N–H and O–H groups in total. The second kappa shape index (κ2) is 10.6. The Kier molecular flexibility index (Phi) is 8.79. The summed E-state index contributed by atoms with van der Waals surface area (Å²) in [5.41, 5.74) is 2.20. The van der Waals surface area contributed by atoms with Crippen molar-refractivity contribution in [2.24, 2.45) is 0 Å². The SMILES string of the molecule is COC(=O)CCN(CCCO)C(=O)/C=C/c1ccc(C(C)C)cc1. The van der Waals surface area contributed by atoms with Crippen LogP contribution in [0.3, 0.4) is 0 Å². The number of amides is 1. The molecular weight excluding hydrogens is 306 g/mol. The summed E-state index contributed by atoms with van der Waals surface area (Å²) < 4.78 is 4.60. The summed E-state index contributed by atoms with van der Waals surface area (Å²) in [4.78, 5) is 25.1. The van der Waals surface area contributed by atoms with E-state index in [1.807, 2.05) is 12.1 Å². The van der Waals surface area contributed by atoms with Crippen molar-refractivity contribution in [1.82, 2.24) is 4.90 Å². The Morgan fingerprint density at radius 2 is 1.88 bits per heavy atom. The summed E-state index contributed by atoms with van der Waals surface area (Å²) in [7, 11) is 1.32. The van der Waals surface area contributed by atoms with Crippen molar-refractivity contribution >= 4 is 18.0 Å². The molecule has 132 valence electrons. The van der Waals surface area contributed by atoms with Gasteiger partial charge in [0, 0.05) is 25.8 Å². The molecule has 1 aromatic rings. The Bertz CT molecular complexity index is 549. The van der Waals surface area contributed by atoms with E-state index >= 15 is 0 Å². The highest BCUT2D eigenvalue weighted by molar-refractivity contribution is 5.92. The van der Waals surface area contributed by atoms with Crippen LogP contribution in [0.2, 0.25) is 0 Å². The van der Waals surface area contributed by atoms with Crippen molar-refractivity contribution in [2.45, 2.75) is 32.6 Å². The molecule has 0 radical (unpaired) electrons. The van der Waals surface area contributed by atoms with E-state index in [-0.39, 0.29) is 31.4 Å². The highest BCUT2D eigenvalue weighted by Crippen LogP contribution is 2.15. The van der Waals surface area contributed by atoms with E-state index < -0.39 is 0 Å². The van der Waals surface area contributed by atoms with Gasteiger partial charge in [-0.25, -0.2) is 0 Å². The Balaban J connectivity index is 2.69. The Morgan fingerprint density at radius 3 is 2.42 bits per heavy atom. The predicted molar refractivity (Wildman–Crippen MR) is 94.5 cm³/mol. The zero-order valence-corrected chi connectivity index (χ0v) is 14.7. The van der Waals surface area contributed by atoms with Gasteiger partial charge in [-0.1, -0.05) is 38.1 Å². The molecular formula is C19H27NO4. The second-order valence-electron chi connectivity index (χ2n) is 5.88. The van der Waals surface area contributed by atoms with Gasteiger partial charge in [-0.2, -0.15) is 0 Å². The van der Waals surface area contributed by atoms with Crippen LogP contribution in [0, 0.1) is 0 Å². The third-order valence-electron chi connectivity index (χ3n) is 3.73. The van der Waals surface area contributed by atoms with Crippen molar-refractivity contribution in [3.63, 3.8) is 0 Å². The molecule has 24 heavy (non-hydrogen) atoms. The van der Waals surface area contributed by atoms with E-state index in [0.29, 0.717) is 18.9 Å². The van der Waals surface area contributed by atoms with Gasteiger partial charge in [0.15, 0.2) is 0 Å². The van der Waals surface area contributed by atoms with Crippen LogP contribution in [0.25, 0.3) is 6.08 Å². The smallest absolute Gasteiger partial charge is 0.307 e. The van der Waals surface area contributed by atoms with Crippen LogP contribution in [0.15, 0.2) is 30.3 Å². The van der Waals surface area contributed by atoms with Crippen LogP contribution in [-0.2, 0) is 14.3 Å². The number of aliphatic hydroxyl groups excluding tert-OH is 1. The van der Waals surface area contributed by atoms with E-state index in [1.54, 1.807) is 11.0 Å². The van der Waals surface area contributed by atoms with Crippen LogP contribution in [0.1, 0.15) is 43.7 Å². The predicted octanol–water partition coefficient (Wildman–Crippen LogP) is 2.60. The van der Waals surface area contributed by atoms with Gasteiger partial charge < -0.3 is 14.7 Å². The minimum Gasteiger partial charge on any atom is -0.469 e. The van der Waals surface area contributed by atoms with Gasteiger partial charge >= 0.3 is 5.97 Å². The minimum absolute atomic E-state index is 0.00236. The first-order valence-corrected chi connectivity index (χ1v) is 8.22. The van der Waals surface area contributed by atoms with Crippen molar-refractivity contribution in [3.8, 4) is 0 Å². The third kappa shape index (κ3) is 6.96. The van der Waals surface area contributed by atoms with Crippen LogP contribution < -0.4 is 0 Å². The number of hydrogen-bond acceptors (Lipinski definition) is 4. The quantitative estimate of drug-likeness (QED) is 0.557. The summed E-state index contributed by atoms with van der Waals surface area (Å²) in [5.74, 6) is -0.0673. The fourth-order valence-electron chi connectivity index (χ4n) is 2.19. The molecule has 1 amide bonds. The number of aliphatic hydroxyl groups is 1.